The molecule has 3 nitrogen and oxygen atoms in total. The lowest BCUT2D eigenvalue weighted by atomic mass is 10.2. The Morgan fingerprint density at radius 3 is 2.68 bits per heavy atom. The maximum absolute atomic E-state index is 12.1. The van der Waals surface area contributed by atoms with E-state index in [9.17, 15) is 4.79 Å². The quantitative estimate of drug-likeness (QED) is 0.267. The Morgan fingerprint density at radius 1 is 1.00 bits per heavy atom. The van der Waals surface area contributed by atoms with Crippen molar-refractivity contribution >= 4 is 44.9 Å². The summed E-state index contributed by atoms with van der Waals surface area (Å²) in [6, 6.07) is 19.3. The number of hydrogen-bond acceptors (Lipinski definition) is 5. The Balaban J connectivity index is 1.61. The lowest BCUT2D eigenvalue weighted by Gasteiger charge is -2.06. The first-order valence-electron chi connectivity index (χ1n) is 7.68. The highest BCUT2D eigenvalue weighted by atomic mass is 32.1. The van der Waals surface area contributed by atoms with Gasteiger partial charge in [-0.15, -0.1) is 22.7 Å². The molecule has 0 atom stereocenters. The van der Waals surface area contributed by atoms with Gasteiger partial charge >= 0.3 is 5.97 Å². The van der Waals surface area contributed by atoms with Crippen molar-refractivity contribution in [3.63, 3.8) is 0 Å². The number of esters is 1. The second-order valence-electron chi connectivity index (χ2n) is 5.25. The third-order valence-corrected chi connectivity index (χ3v) is 5.46. The molecular weight excluding hydrogens is 350 g/mol. The minimum Gasteiger partial charge on any atom is -0.423 e. The van der Waals surface area contributed by atoms with Gasteiger partial charge in [0.25, 0.3) is 0 Å². The van der Waals surface area contributed by atoms with Crippen LogP contribution in [-0.4, -0.2) is 11.0 Å². The summed E-state index contributed by atoms with van der Waals surface area (Å²) < 4.78 is 6.65. The van der Waals surface area contributed by atoms with Crippen LogP contribution in [0.5, 0.6) is 5.75 Å². The van der Waals surface area contributed by atoms with E-state index < -0.39 is 5.97 Å². The number of carbonyl (C=O) groups excluding carboxylic acids is 1. The van der Waals surface area contributed by atoms with E-state index in [2.05, 4.69) is 4.98 Å². The molecule has 122 valence electrons. The SMILES string of the molecule is O=C(/C=C/c1cccs1)Oc1ccccc1-c1nc2ccccc2s1. The van der Waals surface area contributed by atoms with Gasteiger partial charge in [0.05, 0.1) is 15.8 Å². The Bertz CT molecular complexity index is 1020. The van der Waals surface area contributed by atoms with E-state index in [0.29, 0.717) is 5.75 Å². The molecule has 4 aromatic rings. The van der Waals surface area contributed by atoms with Gasteiger partial charge in [-0.05, 0) is 41.8 Å². The van der Waals surface area contributed by atoms with Crippen LogP contribution in [0, 0.1) is 0 Å². The van der Waals surface area contributed by atoms with Crippen molar-refractivity contribution in [2.45, 2.75) is 0 Å². The molecule has 25 heavy (non-hydrogen) atoms. The van der Waals surface area contributed by atoms with Crippen LogP contribution in [0.25, 0.3) is 26.9 Å². The van der Waals surface area contributed by atoms with Crippen LogP contribution in [0.15, 0.2) is 72.1 Å². The number of aromatic nitrogens is 1. The topological polar surface area (TPSA) is 39.2 Å². The van der Waals surface area contributed by atoms with Crippen LogP contribution >= 0.6 is 22.7 Å². The number of benzene rings is 2. The van der Waals surface area contributed by atoms with Gasteiger partial charge in [0.1, 0.15) is 10.8 Å². The van der Waals surface area contributed by atoms with E-state index in [4.69, 9.17) is 4.74 Å². The lowest BCUT2D eigenvalue weighted by molar-refractivity contribution is -0.128. The largest absolute Gasteiger partial charge is 0.423 e. The van der Waals surface area contributed by atoms with Crippen molar-refractivity contribution in [1.29, 1.82) is 0 Å². The van der Waals surface area contributed by atoms with E-state index >= 15 is 0 Å². The van der Waals surface area contributed by atoms with Gasteiger partial charge in [-0.3, -0.25) is 0 Å². The first-order valence-corrected chi connectivity index (χ1v) is 9.37. The molecule has 0 aliphatic rings. The van der Waals surface area contributed by atoms with Crippen molar-refractivity contribution in [3.05, 3.63) is 77.0 Å². The van der Waals surface area contributed by atoms with Gasteiger partial charge in [0, 0.05) is 11.0 Å². The average Bonchev–Trinajstić information content (AvgIpc) is 3.30. The second kappa shape index (κ2) is 7.01. The Hall–Kier alpha value is -2.76. The third kappa shape index (κ3) is 3.52. The highest BCUT2D eigenvalue weighted by molar-refractivity contribution is 7.21. The highest BCUT2D eigenvalue weighted by Gasteiger charge is 2.13. The molecule has 0 amide bonds. The van der Waals surface area contributed by atoms with Gasteiger partial charge < -0.3 is 4.74 Å². The predicted octanol–water partition coefficient (Wildman–Crippen LogP) is 5.64. The summed E-state index contributed by atoms with van der Waals surface area (Å²) in [5.41, 5.74) is 1.77. The Labute approximate surface area is 152 Å². The molecule has 0 N–H and O–H groups in total. The molecular formula is C20H13NO2S2. The van der Waals surface area contributed by atoms with E-state index in [1.807, 2.05) is 60.0 Å². The number of rotatable bonds is 4. The molecule has 0 unspecified atom stereocenters. The average molecular weight is 363 g/mol. The summed E-state index contributed by atoms with van der Waals surface area (Å²) in [4.78, 5) is 17.8. The fourth-order valence-electron chi connectivity index (χ4n) is 2.40. The van der Waals surface area contributed by atoms with Crippen LogP contribution in [0.4, 0.5) is 0 Å². The fraction of sp³-hybridized carbons (Fsp3) is 0. The van der Waals surface area contributed by atoms with Gasteiger partial charge in [-0.25, -0.2) is 9.78 Å². The van der Waals surface area contributed by atoms with Crippen LogP contribution in [0.1, 0.15) is 4.88 Å². The van der Waals surface area contributed by atoms with Gasteiger partial charge in [0.15, 0.2) is 0 Å². The number of carbonyl (C=O) groups is 1. The summed E-state index contributed by atoms with van der Waals surface area (Å²) in [5.74, 6) is 0.115. The van der Waals surface area contributed by atoms with Crippen molar-refractivity contribution in [1.82, 2.24) is 4.98 Å². The third-order valence-electron chi connectivity index (χ3n) is 3.55. The number of nitrogens with zero attached hydrogens (tertiary/aromatic N) is 1. The summed E-state index contributed by atoms with van der Waals surface area (Å²) >= 11 is 3.15. The number of ether oxygens (including phenoxy) is 1. The molecule has 0 bridgehead atoms. The summed E-state index contributed by atoms with van der Waals surface area (Å²) in [5, 5.41) is 2.81. The van der Waals surface area contributed by atoms with Crippen LogP contribution in [-0.2, 0) is 4.79 Å². The Morgan fingerprint density at radius 2 is 1.84 bits per heavy atom. The molecule has 0 saturated heterocycles. The summed E-state index contributed by atoms with van der Waals surface area (Å²) in [6.45, 7) is 0. The molecule has 2 aromatic heterocycles. The molecule has 0 aliphatic carbocycles. The van der Waals surface area contributed by atoms with Crippen LogP contribution in [0.2, 0.25) is 0 Å². The minimum atomic E-state index is -0.401. The molecule has 2 aromatic carbocycles. The molecule has 0 saturated carbocycles. The number of para-hydroxylation sites is 2. The molecule has 2 heterocycles. The van der Waals surface area contributed by atoms with E-state index in [1.54, 1.807) is 34.8 Å². The zero-order valence-electron chi connectivity index (χ0n) is 13.1. The maximum Gasteiger partial charge on any atom is 0.336 e. The standard InChI is InChI=1S/C20H13NO2S2/c22-19(12-11-14-6-5-13-24-14)23-17-9-3-1-7-15(17)20-21-16-8-2-4-10-18(16)25-20/h1-13H/b12-11+. The zero-order chi connectivity index (χ0) is 17.1. The minimum absolute atomic E-state index is 0.401. The number of thiophene rings is 1. The number of hydrogen-bond donors (Lipinski definition) is 0. The Kier molecular flexibility index (Phi) is 4.41. The lowest BCUT2D eigenvalue weighted by Crippen LogP contribution is -2.04. The smallest absolute Gasteiger partial charge is 0.336 e. The van der Waals surface area contributed by atoms with E-state index in [-0.39, 0.29) is 0 Å². The van der Waals surface area contributed by atoms with E-state index in [1.165, 1.54) is 6.08 Å². The zero-order valence-corrected chi connectivity index (χ0v) is 14.7. The van der Waals surface area contributed by atoms with Crippen LogP contribution in [0.3, 0.4) is 0 Å². The molecule has 4 rings (SSSR count). The maximum atomic E-state index is 12.1. The number of thiazole rings is 1. The van der Waals surface area contributed by atoms with Crippen molar-refractivity contribution in [2.75, 3.05) is 0 Å². The van der Waals surface area contributed by atoms with Crippen molar-refractivity contribution in [3.8, 4) is 16.3 Å². The van der Waals surface area contributed by atoms with Gasteiger partial charge in [-0.2, -0.15) is 0 Å². The molecule has 0 spiro atoms. The van der Waals surface area contributed by atoms with Gasteiger partial charge in [-0.1, -0.05) is 30.3 Å². The summed E-state index contributed by atoms with van der Waals surface area (Å²) in [6.07, 6.45) is 3.20. The highest BCUT2D eigenvalue weighted by Crippen LogP contribution is 2.35. The first-order chi connectivity index (χ1) is 12.3. The molecule has 0 fully saturated rings. The first kappa shape index (κ1) is 15.7. The van der Waals surface area contributed by atoms with Crippen molar-refractivity contribution < 1.29 is 9.53 Å². The normalized spacial score (nSPS) is 11.2. The number of fused-ring (bicyclic) bond motifs is 1. The van der Waals surface area contributed by atoms with Gasteiger partial charge in [0.2, 0.25) is 0 Å². The van der Waals surface area contributed by atoms with Crippen molar-refractivity contribution in [2.24, 2.45) is 0 Å². The summed E-state index contributed by atoms with van der Waals surface area (Å²) in [7, 11) is 0. The molecule has 0 aliphatic heterocycles. The second-order valence-corrected chi connectivity index (χ2v) is 7.26. The molecule has 0 radical (unpaired) electrons. The van der Waals surface area contributed by atoms with Crippen LogP contribution < -0.4 is 4.74 Å². The molecule has 5 heteroatoms. The predicted molar refractivity (Wildman–Crippen MR) is 104 cm³/mol. The van der Waals surface area contributed by atoms with E-state index in [0.717, 1.165) is 25.7 Å². The fourth-order valence-corrected chi connectivity index (χ4v) is 4.01. The monoisotopic (exact) mass is 363 g/mol.